The zero-order valence-electron chi connectivity index (χ0n) is 14.2. The fraction of sp³-hybridized carbons (Fsp3) is 0.368. The van der Waals surface area contributed by atoms with Crippen LogP contribution in [-0.2, 0) is 4.79 Å². The maximum atomic E-state index is 12.5. The third-order valence-electron chi connectivity index (χ3n) is 4.65. The zero-order valence-corrected chi connectivity index (χ0v) is 14.2. The quantitative estimate of drug-likeness (QED) is 0.906. The number of amides is 1. The molecule has 5 nitrogen and oxygen atoms in total. The van der Waals surface area contributed by atoms with Gasteiger partial charge >= 0.3 is 0 Å². The number of hydrogen-bond donors (Lipinski definition) is 2. The minimum absolute atomic E-state index is 0.0273. The van der Waals surface area contributed by atoms with Crippen LogP contribution in [0.25, 0.3) is 0 Å². The molecule has 1 aromatic heterocycles. The minimum atomic E-state index is 0.0273. The number of carbonyl (C=O) groups is 1. The molecule has 1 unspecified atom stereocenters. The Kier molecular flexibility index (Phi) is 5.23. The van der Waals surface area contributed by atoms with Gasteiger partial charge in [0.15, 0.2) is 0 Å². The lowest BCUT2D eigenvalue weighted by molar-refractivity contribution is -0.118. The van der Waals surface area contributed by atoms with E-state index in [0.717, 1.165) is 36.4 Å². The maximum Gasteiger partial charge on any atom is 0.238 e. The van der Waals surface area contributed by atoms with Crippen LogP contribution in [0.3, 0.4) is 0 Å². The fourth-order valence-corrected chi connectivity index (χ4v) is 3.10. The van der Waals surface area contributed by atoms with Gasteiger partial charge in [-0.1, -0.05) is 18.2 Å². The first kappa shape index (κ1) is 16.6. The summed E-state index contributed by atoms with van der Waals surface area (Å²) in [4.78, 5) is 19.0. The molecule has 24 heavy (non-hydrogen) atoms. The van der Waals surface area contributed by atoms with Crippen molar-refractivity contribution in [3.63, 3.8) is 0 Å². The van der Waals surface area contributed by atoms with Gasteiger partial charge in [0.1, 0.15) is 0 Å². The number of aromatic nitrogens is 1. The Hall–Kier alpha value is -2.24. The molecule has 1 atom stereocenters. The van der Waals surface area contributed by atoms with Gasteiger partial charge in [0.05, 0.1) is 6.54 Å². The van der Waals surface area contributed by atoms with Crippen molar-refractivity contribution in [1.82, 2.24) is 15.2 Å². The molecule has 1 fully saturated rings. The molecule has 1 amide bonds. The smallest absolute Gasteiger partial charge is 0.238 e. The van der Waals surface area contributed by atoms with Crippen LogP contribution in [0.2, 0.25) is 0 Å². The van der Waals surface area contributed by atoms with E-state index in [1.165, 1.54) is 5.56 Å². The monoisotopic (exact) mass is 324 g/mol. The van der Waals surface area contributed by atoms with E-state index in [0.29, 0.717) is 6.54 Å². The fourth-order valence-electron chi connectivity index (χ4n) is 3.10. The molecule has 0 radical (unpaired) electrons. The van der Waals surface area contributed by atoms with Crippen molar-refractivity contribution in [2.75, 3.05) is 31.5 Å². The van der Waals surface area contributed by atoms with Crippen LogP contribution in [0.4, 0.5) is 5.69 Å². The van der Waals surface area contributed by atoms with Gasteiger partial charge in [-0.15, -0.1) is 0 Å². The van der Waals surface area contributed by atoms with E-state index in [1.54, 1.807) is 6.20 Å². The highest BCUT2D eigenvalue weighted by atomic mass is 16.2. The van der Waals surface area contributed by atoms with Crippen LogP contribution in [0.1, 0.15) is 22.7 Å². The molecule has 1 aromatic carbocycles. The second-order valence-electron chi connectivity index (χ2n) is 6.27. The average Bonchev–Trinajstić information content (AvgIpc) is 2.60. The van der Waals surface area contributed by atoms with E-state index in [-0.39, 0.29) is 11.9 Å². The van der Waals surface area contributed by atoms with E-state index in [9.17, 15) is 4.79 Å². The second kappa shape index (κ2) is 7.55. The van der Waals surface area contributed by atoms with Gasteiger partial charge in [-0.3, -0.25) is 14.7 Å². The Morgan fingerprint density at radius 2 is 2.21 bits per heavy atom. The van der Waals surface area contributed by atoms with Crippen molar-refractivity contribution in [2.45, 2.75) is 19.9 Å². The Morgan fingerprint density at radius 3 is 3.00 bits per heavy atom. The largest absolute Gasteiger partial charge is 0.325 e. The zero-order chi connectivity index (χ0) is 16.9. The molecule has 2 heterocycles. The predicted octanol–water partition coefficient (Wildman–Crippen LogP) is 2.28. The van der Waals surface area contributed by atoms with Gasteiger partial charge in [-0.05, 0) is 42.7 Å². The lowest BCUT2D eigenvalue weighted by Crippen LogP contribution is -2.48. The Balaban J connectivity index is 1.69. The number of anilines is 1. The number of carbonyl (C=O) groups excluding carboxylic acids is 1. The number of benzene rings is 1. The van der Waals surface area contributed by atoms with Crippen molar-refractivity contribution >= 4 is 11.6 Å². The van der Waals surface area contributed by atoms with Crippen molar-refractivity contribution in [3.05, 3.63) is 59.4 Å². The van der Waals surface area contributed by atoms with Gasteiger partial charge in [0.2, 0.25) is 5.91 Å². The highest BCUT2D eigenvalue weighted by Crippen LogP contribution is 2.22. The molecule has 3 rings (SSSR count). The number of nitrogens with one attached hydrogen (secondary N) is 2. The normalized spacial score (nSPS) is 18.3. The molecular formula is C19H24N4O. The molecule has 0 saturated carbocycles. The lowest BCUT2D eigenvalue weighted by atomic mass is 10.1. The second-order valence-corrected chi connectivity index (χ2v) is 6.27. The Labute approximate surface area is 143 Å². The molecule has 126 valence electrons. The molecule has 1 aliphatic rings. The molecule has 1 saturated heterocycles. The minimum Gasteiger partial charge on any atom is -0.325 e. The number of piperazine rings is 1. The first-order valence-electron chi connectivity index (χ1n) is 8.36. The SMILES string of the molecule is Cc1cccc(NC(=O)CN2CCNCC2c2cccnc2)c1C. The van der Waals surface area contributed by atoms with Crippen LogP contribution in [0.5, 0.6) is 0 Å². The highest BCUT2D eigenvalue weighted by Gasteiger charge is 2.25. The van der Waals surface area contributed by atoms with Crippen molar-refractivity contribution in [2.24, 2.45) is 0 Å². The van der Waals surface area contributed by atoms with Gasteiger partial charge in [-0.2, -0.15) is 0 Å². The summed E-state index contributed by atoms with van der Waals surface area (Å²) in [5.41, 5.74) is 4.34. The average molecular weight is 324 g/mol. The van der Waals surface area contributed by atoms with Crippen molar-refractivity contribution in [1.29, 1.82) is 0 Å². The Bertz CT molecular complexity index is 702. The molecule has 1 aliphatic heterocycles. The standard InChI is InChI=1S/C19H24N4O/c1-14-5-3-7-17(15(14)2)22-19(24)13-23-10-9-21-12-18(23)16-6-4-8-20-11-16/h3-8,11,18,21H,9-10,12-13H2,1-2H3,(H,22,24). The van der Waals surface area contributed by atoms with E-state index in [1.807, 2.05) is 31.3 Å². The van der Waals surface area contributed by atoms with Gasteiger partial charge in [0.25, 0.3) is 0 Å². The molecule has 0 bridgehead atoms. The van der Waals surface area contributed by atoms with Gasteiger partial charge < -0.3 is 10.6 Å². The van der Waals surface area contributed by atoms with Crippen LogP contribution in [-0.4, -0.2) is 42.0 Å². The van der Waals surface area contributed by atoms with Crippen LogP contribution < -0.4 is 10.6 Å². The van der Waals surface area contributed by atoms with E-state index < -0.39 is 0 Å². The summed E-state index contributed by atoms with van der Waals surface area (Å²) in [6, 6.07) is 10.2. The summed E-state index contributed by atoms with van der Waals surface area (Å²) in [5, 5.41) is 6.46. The summed E-state index contributed by atoms with van der Waals surface area (Å²) in [7, 11) is 0. The van der Waals surface area contributed by atoms with Crippen LogP contribution in [0.15, 0.2) is 42.7 Å². The summed E-state index contributed by atoms with van der Waals surface area (Å²) in [6.45, 7) is 7.05. The van der Waals surface area contributed by atoms with Crippen molar-refractivity contribution in [3.8, 4) is 0 Å². The van der Waals surface area contributed by atoms with Gasteiger partial charge in [-0.25, -0.2) is 0 Å². The highest BCUT2D eigenvalue weighted by molar-refractivity contribution is 5.93. The third kappa shape index (κ3) is 3.80. The summed E-state index contributed by atoms with van der Waals surface area (Å²) in [5.74, 6) is 0.0273. The summed E-state index contributed by atoms with van der Waals surface area (Å²) >= 11 is 0. The number of hydrogen-bond acceptors (Lipinski definition) is 4. The molecule has 0 aliphatic carbocycles. The maximum absolute atomic E-state index is 12.5. The van der Waals surface area contributed by atoms with E-state index >= 15 is 0 Å². The molecule has 2 aromatic rings. The molecular weight excluding hydrogens is 300 g/mol. The summed E-state index contributed by atoms with van der Waals surface area (Å²) in [6.07, 6.45) is 3.66. The first-order chi connectivity index (χ1) is 11.6. The van der Waals surface area contributed by atoms with Crippen molar-refractivity contribution < 1.29 is 4.79 Å². The summed E-state index contributed by atoms with van der Waals surface area (Å²) < 4.78 is 0. The Morgan fingerprint density at radius 1 is 1.33 bits per heavy atom. The number of nitrogens with zero attached hydrogens (tertiary/aromatic N) is 2. The lowest BCUT2D eigenvalue weighted by Gasteiger charge is -2.35. The first-order valence-corrected chi connectivity index (χ1v) is 8.36. The number of pyridine rings is 1. The molecule has 5 heteroatoms. The van der Waals surface area contributed by atoms with Crippen LogP contribution >= 0.6 is 0 Å². The molecule has 0 spiro atoms. The van der Waals surface area contributed by atoms with E-state index in [4.69, 9.17) is 0 Å². The predicted molar refractivity (Wildman–Crippen MR) is 96.0 cm³/mol. The molecule has 2 N–H and O–H groups in total. The van der Waals surface area contributed by atoms with E-state index in [2.05, 4.69) is 39.6 Å². The van der Waals surface area contributed by atoms with Crippen LogP contribution in [0, 0.1) is 13.8 Å². The number of rotatable bonds is 4. The topological polar surface area (TPSA) is 57.3 Å². The van der Waals surface area contributed by atoms with Gasteiger partial charge in [0, 0.05) is 43.8 Å². The third-order valence-corrected chi connectivity index (χ3v) is 4.65. The number of aryl methyl sites for hydroxylation is 1.